The van der Waals surface area contributed by atoms with Crippen LogP contribution in [0.25, 0.3) is 0 Å². The average molecular weight is 457 g/mol. The molecule has 4 nitrogen and oxygen atoms in total. The van der Waals surface area contributed by atoms with E-state index in [1.54, 1.807) is 30.3 Å². The molecule has 146 valence electrons. The van der Waals surface area contributed by atoms with Crippen LogP contribution in [0.3, 0.4) is 0 Å². The van der Waals surface area contributed by atoms with Crippen LogP contribution in [0.1, 0.15) is 27.6 Å². The molecule has 1 heterocycles. The van der Waals surface area contributed by atoms with Gasteiger partial charge in [-0.2, -0.15) is 18.3 Å². The van der Waals surface area contributed by atoms with Gasteiger partial charge in [-0.25, -0.2) is 9.18 Å². The summed E-state index contributed by atoms with van der Waals surface area (Å²) in [4.78, 5) is 12.5. The Morgan fingerprint density at radius 3 is 2.46 bits per heavy atom. The highest BCUT2D eigenvalue weighted by Crippen LogP contribution is 2.29. The van der Waals surface area contributed by atoms with Crippen molar-refractivity contribution in [1.29, 1.82) is 0 Å². The second kappa shape index (κ2) is 8.14. The summed E-state index contributed by atoms with van der Waals surface area (Å²) in [5.74, 6) is -1.38. The van der Waals surface area contributed by atoms with E-state index in [2.05, 4.69) is 21.0 Å². The van der Waals surface area contributed by atoms with Gasteiger partial charge in [0.05, 0.1) is 11.8 Å². The van der Waals surface area contributed by atoms with Gasteiger partial charge >= 0.3 is 12.1 Å². The minimum atomic E-state index is -4.46. The number of alkyl halides is 3. The van der Waals surface area contributed by atoms with Gasteiger partial charge in [0.2, 0.25) is 0 Å². The molecule has 0 radical (unpaired) electrons. The third-order valence-electron chi connectivity index (χ3n) is 3.74. The number of halogens is 5. The molecular formula is C19H13BrF4N2O2. The third kappa shape index (κ3) is 5.19. The molecule has 0 spiro atoms. The first kappa shape index (κ1) is 20.1. The lowest BCUT2D eigenvalue weighted by Gasteiger charge is -2.19. The van der Waals surface area contributed by atoms with Gasteiger partial charge in [0.15, 0.2) is 6.10 Å². The Morgan fingerprint density at radius 2 is 1.82 bits per heavy atom. The molecule has 0 saturated carbocycles. The van der Waals surface area contributed by atoms with E-state index in [9.17, 15) is 22.4 Å². The fourth-order valence-electron chi connectivity index (χ4n) is 2.58. The van der Waals surface area contributed by atoms with Crippen LogP contribution >= 0.6 is 15.9 Å². The van der Waals surface area contributed by atoms with Gasteiger partial charge in [-0.3, -0.25) is 4.68 Å². The number of rotatable bonds is 5. The molecule has 0 N–H and O–H groups in total. The smallest absolute Gasteiger partial charge is 0.408 e. The van der Waals surface area contributed by atoms with Crippen molar-refractivity contribution in [3.05, 3.63) is 87.9 Å². The second-order valence-electron chi connectivity index (χ2n) is 5.94. The van der Waals surface area contributed by atoms with Gasteiger partial charge in [-0.05, 0) is 35.4 Å². The maximum atomic E-state index is 13.7. The van der Waals surface area contributed by atoms with Crippen LogP contribution in [0.4, 0.5) is 17.6 Å². The number of ether oxygens (including phenoxy) is 1. The van der Waals surface area contributed by atoms with E-state index in [-0.39, 0.29) is 5.56 Å². The standard InChI is InChI=1S/C19H13BrF4N2O2/c20-15-5-1-3-12(7-15)17(13-4-2-6-16(21)8-13)28-18(27)14-9-25-26(10-14)11-19(22,23)24/h1-10,17H,11H2. The van der Waals surface area contributed by atoms with E-state index in [0.29, 0.717) is 15.8 Å². The van der Waals surface area contributed by atoms with Crippen molar-refractivity contribution in [2.24, 2.45) is 0 Å². The van der Waals surface area contributed by atoms with Gasteiger partial charge in [0.1, 0.15) is 12.4 Å². The van der Waals surface area contributed by atoms with E-state index in [1.165, 1.54) is 18.2 Å². The Bertz CT molecular complexity index is 942. The van der Waals surface area contributed by atoms with E-state index in [0.717, 1.165) is 16.9 Å². The summed E-state index contributed by atoms with van der Waals surface area (Å²) in [7, 11) is 0. The minimum absolute atomic E-state index is 0.138. The van der Waals surface area contributed by atoms with Crippen molar-refractivity contribution < 1.29 is 27.1 Å². The maximum absolute atomic E-state index is 13.7. The quantitative estimate of drug-likeness (QED) is 0.386. The molecule has 28 heavy (non-hydrogen) atoms. The molecule has 0 bridgehead atoms. The number of aromatic nitrogens is 2. The predicted molar refractivity (Wildman–Crippen MR) is 96.1 cm³/mol. The first-order chi connectivity index (χ1) is 13.2. The van der Waals surface area contributed by atoms with Gasteiger partial charge < -0.3 is 4.74 Å². The fourth-order valence-corrected chi connectivity index (χ4v) is 3.00. The lowest BCUT2D eigenvalue weighted by Crippen LogP contribution is -2.18. The molecule has 1 aromatic heterocycles. The molecule has 1 unspecified atom stereocenters. The molecule has 0 amide bonds. The molecule has 0 aliphatic heterocycles. The molecule has 0 fully saturated rings. The fraction of sp³-hybridized carbons (Fsp3) is 0.158. The molecule has 3 rings (SSSR count). The van der Waals surface area contributed by atoms with Crippen molar-refractivity contribution in [2.75, 3.05) is 0 Å². The van der Waals surface area contributed by atoms with Gasteiger partial charge in [-0.1, -0.05) is 40.2 Å². The predicted octanol–water partition coefficient (Wildman–Crippen LogP) is 5.29. The number of hydrogen-bond donors (Lipinski definition) is 0. The number of hydrogen-bond acceptors (Lipinski definition) is 3. The Kier molecular flexibility index (Phi) is 5.83. The first-order valence-corrected chi connectivity index (χ1v) is 8.82. The van der Waals surface area contributed by atoms with Crippen LogP contribution in [0.15, 0.2) is 65.4 Å². The number of carbonyl (C=O) groups excluding carboxylic acids is 1. The summed E-state index contributed by atoms with van der Waals surface area (Å²) in [6.45, 7) is -1.32. The largest absolute Gasteiger partial charge is 0.449 e. The average Bonchev–Trinajstić information content (AvgIpc) is 3.06. The molecule has 0 aliphatic carbocycles. The van der Waals surface area contributed by atoms with Gasteiger partial charge in [0.25, 0.3) is 0 Å². The Morgan fingerprint density at radius 1 is 1.14 bits per heavy atom. The maximum Gasteiger partial charge on any atom is 0.408 e. The summed E-state index contributed by atoms with van der Waals surface area (Å²) in [6.07, 6.45) is -3.46. The van der Waals surface area contributed by atoms with Crippen molar-refractivity contribution in [1.82, 2.24) is 9.78 Å². The summed E-state index contributed by atoms with van der Waals surface area (Å²) >= 11 is 3.33. The number of esters is 1. The van der Waals surface area contributed by atoms with Crippen LogP contribution < -0.4 is 0 Å². The topological polar surface area (TPSA) is 44.1 Å². The zero-order chi connectivity index (χ0) is 20.3. The van der Waals surface area contributed by atoms with Gasteiger partial charge in [0, 0.05) is 10.7 Å². The molecule has 9 heteroatoms. The van der Waals surface area contributed by atoms with Gasteiger partial charge in [-0.15, -0.1) is 0 Å². The van der Waals surface area contributed by atoms with Crippen molar-refractivity contribution in [2.45, 2.75) is 18.8 Å². The van der Waals surface area contributed by atoms with Crippen LogP contribution in [-0.2, 0) is 11.3 Å². The Balaban J connectivity index is 1.88. The highest BCUT2D eigenvalue weighted by Gasteiger charge is 2.29. The van der Waals surface area contributed by atoms with E-state index in [1.807, 2.05) is 0 Å². The molecular weight excluding hydrogens is 444 g/mol. The van der Waals surface area contributed by atoms with Crippen LogP contribution in [0.2, 0.25) is 0 Å². The zero-order valence-electron chi connectivity index (χ0n) is 14.2. The molecule has 3 aromatic rings. The summed E-state index contributed by atoms with van der Waals surface area (Å²) in [5.41, 5.74) is 0.811. The van der Waals surface area contributed by atoms with E-state index < -0.39 is 30.6 Å². The summed E-state index contributed by atoms with van der Waals surface area (Å²) < 4.78 is 57.9. The zero-order valence-corrected chi connectivity index (χ0v) is 15.7. The molecule has 0 saturated heterocycles. The van der Waals surface area contributed by atoms with Crippen LogP contribution in [0.5, 0.6) is 0 Å². The van der Waals surface area contributed by atoms with Crippen LogP contribution in [0, 0.1) is 5.82 Å². The van der Waals surface area contributed by atoms with Crippen molar-refractivity contribution in [3.8, 4) is 0 Å². The lowest BCUT2D eigenvalue weighted by molar-refractivity contribution is -0.142. The highest BCUT2D eigenvalue weighted by molar-refractivity contribution is 9.10. The highest BCUT2D eigenvalue weighted by atomic mass is 79.9. The molecule has 0 aliphatic rings. The monoisotopic (exact) mass is 456 g/mol. The second-order valence-corrected chi connectivity index (χ2v) is 6.85. The number of carbonyl (C=O) groups is 1. The summed E-state index contributed by atoms with van der Waals surface area (Å²) in [6, 6.07) is 12.4. The first-order valence-electron chi connectivity index (χ1n) is 8.02. The minimum Gasteiger partial charge on any atom is -0.449 e. The summed E-state index contributed by atoms with van der Waals surface area (Å²) in [5, 5.41) is 3.53. The Labute approximate surface area is 165 Å². The van der Waals surface area contributed by atoms with Crippen molar-refractivity contribution >= 4 is 21.9 Å². The van der Waals surface area contributed by atoms with Crippen molar-refractivity contribution in [3.63, 3.8) is 0 Å². The van der Waals surface area contributed by atoms with Crippen LogP contribution in [-0.4, -0.2) is 21.9 Å². The third-order valence-corrected chi connectivity index (χ3v) is 4.23. The van der Waals surface area contributed by atoms with E-state index in [4.69, 9.17) is 4.74 Å². The lowest BCUT2D eigenvalue weighted by atomic mass is 10.0. The van der Waals surface area contributed by atoms with E-state index >= 15 is 0 Å². The number of benzene rings is 2. The Hall–Kier alpha value is -2.68. The normalized spacial score (nSPS) is 12.6. The molecule has 1 atom stereocenters. The number of nitrogens with zero attached hydrogens (tertiary/aromatic N) is 2. The molecule has 2 aromatic carbocycles. The SMILES string of the molecule is O=C(OC(c1cccc(F)c1)c1cccc(Br)c1)c1cnn(CC(F)(F)F)c1.